The first kappa shape index (κ1) is 19.4. The van der Waals surface area contributed by atoms with Crippen LogP contribution in [0.4, 0.5) is 0 Å². The highest BCUT2D eigenvalue weighted by Crippen LogP contribution is 2.24. The Labute approximate surface area is 162 Å². The van der Waals surface area contributed by atoms with E-state index in [0.717, 1.165) is 11.3 Å². The summed E-state index contributed by atoms with van der Waals surface area (Å²) in [5, 5.41) is 16.8. The summed E-state index contributed by atoms with van der Waals surface area (Å²) >= 11 is 0. The van der Waals surface area contributed by atoms with E-state index in [9.17, 15) is 9.90 Å². The highest BCUT2D eigenvalue weighted by Gasteiger charge is 2.22. The number of aliphatic hydroxyl groups excluding tert-OH is 1. The van der Waals surface area contributed by atoms with Gasteiger partial charge in [0.15, 0.2) is 0 Å². The molecule has 146 valence electrons. The van der Waals surface area contributed by atoms with Gasteiger partial charge in [-0.1, -0.05) is 35.5 Å². The zero-order valence-corrected chi connectivity index (χ0v) is 15.7. The molecule has 3 aromatic rings. The van der Waals surface area contributed by atoms with Crippen LogP contribution in [0.25, 0.3) is 11.3 Å². The lowest BCUT2D eigenvalue weighted by atomic mass is 10.1. The van der Waals surface area contributed by atoms with Gasteiger partial charge < -0.3 is 24.4 Å². The number of carbonyl (C=O) groups is 1. The van der Waals surface area contributed by atoms with Crippen molar-refractivity contribution in [3.05, 3.63) is 65.9 Å². The Bertz CT molecular complexity index is 906. The molecule has 0 radical (unpaired) electrons. The molecule has 0 unspecified atom stereocenters. The largest absolute Gasteiger partial charge is 0.497 e. The van der Waals surface area contributed by atoms with E-state index in [4.69, 9.17) is 14.0 Å². The van der Waals surface area contributed by atoms with Crippen LogP contribution in [0.1, 0.15) is 16.1 Å². The average molecular weight is 382 g/mol. The monoisotopic (exact) mass is 382 g/mol. The zero-order chi connectivity index (χ0) is 19.9. The quantitative estimate of drug-likeness (QED) is 0.622. The first-order valence-corrected chi connectivity index (χ1v) is 8.83. The Balaban J connectivity index is 1.56. The molecule has 0 aliphatic carbocycles. The van der Waals surface area contributed by atoms with Gasteiger partial charge in [-0.05, 0) is 31.2 Å². The molecule has 0 spiro atoms. The summed E-state index contributed by atoms with van der Waals surface area (Å²) in [7, 11) is 1.59. The molecule has 1 aromatic heterocycles. The molecule has 0 aliphatic heterocycles. The van der Waals surface area contributed by atoms with Gasteiger partial charge in [0.1, 0.15) is 41.2 Å². The molecule has 3 rings (SSSR count). The zero-order valence-electron chi connectivity index (χ0n) is 15.7. The van der Waals surface area contributed by atoms with E-state index in [0.29, 0.717) is 22.8 Å². The van der Waals surface area contributed by atoms with Gasteiger partial charge in [-0.25, -0.2) is 0 Å². The fourth-order valence-corrected chi connectivity index (χ4v) is 2.65. The number of aromatic nitrogens is 1. The molecule has 0 saturated carbocycles. The van der Waals surface area contributed by atoms with Crippen molar-refractivity contribution in [2.45, 2.75) is 13.0 Å². The highest BCUT2D eigenvalue weighted by molar-refractivity contribution is 6.00. The topological polar surface area (TPSA) is 93.8 Å². The SMILES string of the molecule is COc1ccc(OC[C@@H](O)CNC(=O)c2c(-c3ccccc3)noc2C)cc1. The number of nitrogens with one attached hydrogen (secondary N) is 1. The minimum Gasteiger partial charge on any atom is -0.497 e. The van der Waals surface area contributed by atoms with Gasteiger partial charge in [-0.2, -0.15) is 0 Å². The minimum absolute atomic E-state index is 0.0356. The smallest absolute Gasteiger partial charge is 0.257 e. The lowest BCUT2D eigenvalue weighted by Gasteiger charge is -2.13. The second-order valence-electron chi connectivity index (χ2n) is 6.18. The number of hydrogen-bond donors (Lipinski definition) is 2. The predicted octanol–water partition coefficient (Wildman–Crippen LogP) is 2.83. The fourth-order valence-electron chi connectivity index (χ4n) is 2.65. The summed E-state index contributed by atoms with van der Waals surface area (Å²) in [5.74, 6) is 1.38. The maximum Gasteiger partial charge on any atom is 0.257 e. The van der Waals surface area contributed by atoms with Crippen molar-refractivity contribution in [2.75, 3.05) is 20.3 Å². The molecule has 0 aliphatic rings. The van der Waals surface area contributed by atoms with Crippen molar-refractivity contribution in [3.8, 4) is 22.8 Å². The van der Waals surface area contributed by atoms with Crippen LogP contribution in [-0.2, 0) is 0 Å². The lowest BCUT2D eigenvalue weighted by molar-refractivity contribution is 0.0843. The molecule has 7 heteroatoms. The van der Waals surface area contributed by atoms with Crippen LogP contribution in [0.15, 0.2) is 59.1 Å². The molecule has 0 saturated heterocycles. The van der Waals surface area contributed by atoms with Gasteiger partial charge in [0.05, 0.1) is 7.11 Å². The average Bonchev–Trinajstić information content (AvgIpc) is 3.13. The molecular formula is C21H22N2O5. The van der Waals surface area contributed by atoms with Crippen molar-refractivity contribution < 1.29 is 23.9 Å². The van der Waals surface area contributed by atoms with E-state index < -0.39 is 6.10 Å². The third-order valence-corrected chi connectivity index (χ3v) is 4.14. The molecule has 1 amide bonds. The van der Waals surface area contributed by atoms with Crippen LogP contribution >= 0.6 is 0 Å². The normalized spacial score (nSPS) is 11.7. The second kappa shape index (κ2) is 9.05. The van der Waals surface area contributed by atoms with Crippen LogP contribution in [0.2, 0.25) is 0 Å². The standard InChI is InChI=1S/C21H22N2O5/c1-14-19(20(23-28-14)15-6-4-3-5-7-15)21(25)22-12-16(24)13-27-18-10-8-17(26-2)9-11-18/h3-11,16,24H,12-13H2,1-2H3,(H,22,25)/t16-/m0/s1. The van der Waals surface area contributed by atoms with Gasteiger partial charge >= 0.3 is 0 Å². The molecule has 7 nitrogen and oxygen atoms in total. The number of aliphatic hydroxyl groups is 1. The number of amides is 1. The molecular weight excluding hydrogens is 360 g/mol. The van der Waals surface area contributed by atoms with Gasteiger partial charge in [-0.15, -0.1) is 0 Å². The van der Waals surface area contributed by atoms with Crippen molar-refractivity contribution in [1.29, 1.82) is 0 Å². The van der Waals surface area contributed by atoms with Crippen LogP contribution in [-0.4, -0.2) is 42.5 Å². The summed E-state index contributed by atoms with van der Waals surface area (Å²) in [6.45, 7) is 1.76. The predicted molar refractivity (Wildman–Crippen MR) is 104 cm³/mol. The molecule has 28 heavy (non-hydrogen) atoms. The van der Waals surface area contributed by atoms with E-state index in [1.54, 1.807) is 38.3 Å². The number of ether oxygens (including phenoxy) is 2. The first-order chi connectivity index (χ1) is 13.6. The Morgan fingerprint density at radius 3 is 2.50 bits per heavy atom. The number of aryl methyl sites for hydroxylation is 1. The minimum atomic E-state index is -0.869. The summed E-state index contributed by atoms with van der Waals surface area (Å²) in [6, 6.07) is 16.3. The summed E-state index contributed by atoms with van der Waals surface area (Å²) < 4.78 is 15.8. The summed E-state index contributed by atoms with van der Waals surface area (Å²) in [5.41, 5.74) is 1.61. The van der Waals surface area contributed by atoms with Gasteiger partial charge in [0, 0.05) is 12.1 Å². The van der Waals surface area contributed by atoms with Crippen LogP contribution < -0.4 is 14.8 Å². The Kier molecular flexibility index (Phi) is 6.29. The van der Waals surface area contributed by atoms with E-state index in [1.165, 1.54) is 0 Å². The number of hydrogen-bond acceptors (Lipinski definition) is 6. The fraction of sp³-hybridized carbons (Fsp3) is 0.238. The molecule has 0 bridgehead atoms. The molecule has 2 N–H and O–H groups in total. The lowest BCUT2D eigenvalue weighted by Crippen LogP contribution is -2.35. The number of nitrogens with zero attached hydrogens (tertiary/aromatic N) is 1. The molecule has 1 atom stereocenters. The van der Waals surface area contributed by atoms with E-state index in [2.05, 4.69) is 10.5 Å². The van der Waals surface area contributed by atoms with E-state index in [-0.39, 0.29) is 19.1 Å². The molecule has 0 fully saturated rings. The third-order valence-electron chi connectivity index (χ3n) is 4.14. The maximum atomic E-state index is 12.6. The van der Waals surface area contributed by atoms with Crippen molar-refractivity contribution in [1.82, 2.24) is 10.5 Å². The summed E-state index contributed by atoms with van der Waals surface area (Å²) in [6.07, 6.45) is -0.869. The highest BCUT2D eigenvalue weighted by atomic mass is 16.5. The molecule has 1 heterocycles. The van der Waals surface area contributed by atoms with Gasteiger partial charge in [0.25, 0.3) is 5.91 Å². The Hall–Kier alpha value is -3.32. The maximum absolute atomic E-state index is 12.6. The van der Waals surface area contributed by atoms with Crippen LogP contribution in [0.3, 0.4) is 0 Å². The Morgan fingerprint density at radius 2 is 1.82 bits per heavy atom. The Morgan fingerprint density at radius 1 is 1.14 bits per heavy atom. The third kappa shape index (κ3) is 4.69. The van der Waals surface area contributed by atoms with Crippen molar-refractivity contribution in [2.24, 2.45) is 0 Å². The van der Waals surface area contributed by atoms with Gasteiger partial charge in [0.2, 0.25) is 0 Å². The van der Waals surface area contributed by atoms with Crippen LogP contribution in [0.5, 0.6) is 11.5 Å². The van der Waals surface area contributed by atoms with Crippen molar-refractivity contribution >= 4 is 5.91 Å². The number of benzene rings is 2. The van der Waals surface area contributed by atoms with E-state index in [1.807, 2.05) is 30.3 Å². The second-order valence-corrected chi connectivity index (χ2v) is 6.18. The van der Waals surface area contributed by atoms with Crippen molar-refractivity contribution in [3.63, 3.8) is 0 Å². The van der Waals surface area contributed by atoms with Crippen LogP contribution in [0, 0.1) is 6.92 Å². The first-order valence-electron chi connectivity index (χ1n) is 8.83. The molecule has 2 aromatic carbocycles. The number of rotatable bonds is 8. The number of methoxy groups -OCH3 is 1. The summed E-state index contributed by atoms with van der Waals surface area (Å²) in [4.78, 5) is 12.6. The van der Waals surface area contributed by atoms with Gasteiger partial charge in [-0.3, -0.25) is 4.79 Å². The number of carbonyl (C=O) groups excluding carboxylic acids is 1. The van der Waals surface area contributed by atoms with E-state index >= 15 is 0 Å².